The highest BCUT2D eigenvalue weighted by Crippen LogP contribution is 2.25. The van der Waals surface area contributed by atoms with Crippen molar-refractivity contribution >= 4 is 29.3 Å². The summed E-state index contributed by atoms with van der Waals surface area (Å²) in [7, 11) is 1.87. The van der Waals surface area contributed by atoms with Crippen LogP contribution in [0.15, 0.2) is 29.4 Å². The number of carbonyl (C=O) groups is 1. The number of thioether (sulfide) groups is 1. The number of rotatable bonds is 7. The molecule has 1 aliphatic rings. The van der Waals surface area contributed by atoms with Crippen LogP contribution >= 0.6 is 23.4 Å². The summed E-state index contributed by atoms with van der Waals surface area (Å²) in [6.07, 6.45) is 4.72. The minimum Gasteiger partial charge on any atom is -0.484 e. The summed E-state index contributed by atoms with van der Waals surface area (Å²) in [5.74, 6) is 2.23. The summed E-state index contributed by atoms with van der Waals surface area (Å²) in [5.41, 5.74) is 0. The Hall–Kier alpha value is -1.73. The van der Waals surface area contributed by atoms with Crippen LogP contribution in [0.25, 0.3) is 0 Å². The Labute approximate surface area is 169 Å². The fourth-order valence-electron chi connectivity index (χ4n) is 3.21. The molecule has 0 saturated heterocycles. The zero-order chi connectivity index (χ0) is 19.2. The van der Waals surface area contributed by atoms with Crippen molar-refractivity contribution in [2.75, 3.05) is 5.75 Å². The van der Waals surface area contributed by atoms with Crippen LogP contribution in [0.1, 0.15) is 38.4 Å². The fraction of sp³-hybridized carbons (Fsp3) is 0.526. The predicted octanol–water partition coefficient (Wildman–Crippen LogP) is 3.83. The highest BCUT2D eigenvalue weighted by atomic mass is 35.5. The number of ether oxygens (including phenoxy) is 1. The van der Waals surface area contributed by atoms with Gasteiger partial charge in [0.05, 0.1) is 10.8 Å². The molecule has 0 spiro atoms. The van der Waals surface area contributed by atoms with Crippen LogP contribution < -0.4 is 10.1 Å². The van der Waals surface area contributed by atoms with Gasteiger partial charge in [-0.1, -0.05) is 55.3 Å². The van der Waals surface area contributed by atoms with E-state index >= 15 is 0 Å². The van der Waals surface area contributed by atoms with Gasteiger partial charge >= 0.3 is 0 Å². The molecule has 0 aliphatic heterocycles. The minimum atomic E-state index is 0.0515. The van der Waals surface area contributed by atoms with Crippen LogP contribution in [0.3, 0.4) is 0 Å². The predicted molar refractivity (Wildman–Crippen MR) is 107 cm³/mol. The largest absolute Gasteiger partial charge is 0.484 e. The molecule has 1 fully saturated rings. The lowest BCUT2D eigenvalue weighted by Gasteiger charge is -2.29. The Morgan fingerprint density at radius 1 is 1.33 bits per heavy atom. The number of aromatic nitrogens is 3. The summed E-state index contributed by atoms with van der Waals surface area (Å²) in [5, 5.41) is 12.7. The van der Waals surface area contributed by atoms with E-state index in [0.717, 1.165) is 6.42 Å². The zero-order valence-corrected chi connectivity index (χ0v) is 17.2. The van der Waals surface area contributed by atoms with Crippen molar-refractivity contribution in [3.05, 3.63) is 35.1 Å². The van der Waals surface area contributed by atoms with Crippen LogP contribution in [0.2, 0.25) is 5.02 Å². The van der Waals surface area contributed by atoms with Gasteiger partial charge in [-0.3, -0.25) is 4.79 Å². The van der Waals surface area contributed by atoms with Crippen LogP contribution in [0, 0.1) is 5.92 Å². The van der Waals surface area contributed by atoms with Gasteiger partial charge in [-0.15, -0.1) is 10.2 Å². The molecule has 1 saturated carbocycles. The maximum atomic E-state index is 12.3. The normalized spacial score (nSPS) is 19.7. The highest BCUT2D eigenvalue weighted by molar-refractivity contribution is 7.99. The Kier molecular flexibility index (Phi) is 7.01. The number of nitrogens with zero attached hydrogens (tertiary/aromatic N) is 3. The van der Waals surface area contributed by atoms with Gasteiger partial charge in [0.1, 0.15) is 12.4 Å². The first-order chi connectivity index (χ1) is 13.0. The molecule has 27 heavy (non-hydrogen) atoms. The van der Waals surface area contributed by atoms with Gasteiger partial charge in [-0.05, 0) is 30.9 Å². The average molecular weight is 409 g/mol. The van der Waals surface area contributed by atoms with E-state index in [9.17, 15) is 4.79 Å². The van der Waals surface area contributed by atoms with Crippen molar-refractivity contribution in [3.63, 3.8) is 0 Å². The molecule has 8 heteroatoms. The SMILES string of the molecule is C[C@H]1CCCC[C@H]1NC(=O)CSc1nnc(COc2ccccc2Cl)n1C. The number of benzene rings is 1. The Morgan fingerprint density at radius 3 is 2.89 bits per heavy atom. The Balaban J connectivity index is 1.49. The van der Waals surface area contributed by atoms with E-state index < -0.39 is 0 Å². The van der Waals surface area contributed by atoms with Crippen molar-refractivity contribution in [2.24, 2.45) is 13.0 Å². The number of carbonyl (C=O) groups excluding carboxylic acids is 1. The molecule has 1 N–H and O–H groups in total. The first-order valence-electron chi connectivity index (χ1n) is 9.22. The molecular formula is C19H25ClN4O2S. The molecular weight excluding hydrogens is 384 g/mol. The molecule has 1 aliphatic carbocycles. The van der Waals surface area contributed by atoms with E-state index in [1.54, 1.807) is 6.07 Å². The third-order valence-electron chi connectivity index (χ3n) is 4.91. The maximum Gasteiger partial charge on any atom is 0.230 e. The summed E-state index contributed by atoms with van der Waals surface area (Å²) in [6, 6.07) is 7.60. The first-order valence-corrected chi connectivity index (χ1v) is 10.6. The van der Waals surface area contributed by atoms with Crippen molar-refractivity contribution in [3.8, 4) is 5.75 Å². The molecule has 1 aromatic carbocycles. The fourth-order valence-corrected chi connectivity index (χ4v) is 4.14. The zero-order valence-electron chi connectivity index (χ0n) is 15.7. The summed E-state index contributed by atoms with van der Waals surface area (Å²) >= 11 is 7.48. The van der Waals surface area contributed by atoms with Crippen molar-refractivity contribution in [1.82, 2.24) is 20.1 Å². The molecule has 1 amide bonds. The second-order valence-electron chi connectivity index (χ2n) is 6.90. The molecule has 1 aromatic heterocycles. The molecule has 2 atom stereocenters. The van der Waals surface area contributed by atoms with Gasteiger partial charge in [0.15, 0.2) is 11.0 Å². The van der Waals surface area contributed by atoms with Gasteiger partial charge in [-0.25, -0.2) is 0 Å². The molecule has 1 heterocycles. The van der Waals surface area contributed by atoms with Gasteiger partial charge in [0.2, 0.25) is 5.91 Å². The monoisotopic (exact) mass is 408 g/mol. The van der Waals surface area contributed by atoms with Crippen LogP contribution in [0.5, 0.6) is 5.75 Å². The number of halogens is 1. The summed E-state index contributed by atoms with van der Waals surface area (Å²) in [6.45, 7) is 2.48. The van der Waals surface area contributed by atoms with Crippen molar-refractivity contribution < 1.29 is 9.53 Å². The maximum absolute atomic E-state index is 12.3. The third kappa shape index (κ3) is 5.39. The number of amides is 1. The van der Waals surface area contributed by atoms with Crippen molar-refractivity contribution in [1.29, 1.82) is 0 Å². The molecule has 3 rings (SSSR count). The van der Waals surface area contributed by atoms with Gasteiger partial charge in [-0.2, -0.15) is 0 Å². The van der Waals surface area contributed by atoms with Crippen molar-refractivity contribution in [2.45, 2.75) is 50.4 Å². The highest BCUT2D eigenvalue weighted by Gasteiger charge is 2.23. The second kappa shape index (κ2) is 9.46. The smallest absolute Gasteiger partial charge is 0.230 e. The number of hydrogen-bond donors (Lipinski definition) is 1. The minimum absolute atomic E-state index is 0.0515. The average Bonchev–Trinajstić information content (AvgIpc) is 3.01. The lowest BCUT2D eigenvalue weighted by molar-refractivity contribution is -0.119. The van der Waals surface area contributed by atoms with Crippen LogP contribution in [-0.2, 0) is 18.4 Å². The van der Waals surface area contributed by atoms with Gasteiger partial charge in [0, 0.05) is 13.1 Å². The number of nitrogens with one attached hydrogen (secondary N) is 1. The first kappa shape index (κ1) is 20.0. The Bertz CT molecular complexity index is 783. The topological polar surface area (TPSA) is 69.0 Å². The van der Waals surface area contributed by atoms with E-state index in [2.05, 4.69) is 22.4 Å². The van der Waals surface area contributed by atoms with Crippen LogP contribution in [-0.4, -0.2) is 32.5 Å². The van der Waals surface area contributed by atoms with E-state index in [1.807, 2.05) is 29.8 Å². The van der Waals surface area contributed by atoms with Gasteiger partial charge < -0.3 is 14.6 Å². The van der Waals surface area contributed by atoms with Gasteiger partial charge in [0.25, 0.3) is 0 Å². The molecule has 0 unspecified atom stereocenters. The number of para-hydroxylation sites is 1. The van der Waals surface area contributed by atoms with Crippen LogP contribution in [0.4, 0.5) is 0 Å². The summed E-state index contributed by atoms with van der Waals surface area (Å²) < 4.78 is 7.56. The Morgan fingerprint density at radius 2 is 2.11 bits per heavy atom. The second-order valence-corrected chi connectivity index (χ2v) is 8.25. The summed E-state index contributed by atoms with van der Waals surface area (Å²) in [4.78, 5) is 12.3. The quantitative estimate of drug-likeness (QED) is 0.705. The lowest BCUT2D eigenvalue weighted by atomic mass is 9.86. The third-order valence-corrected chi connectivity index (χ3v) is 6.24. The molecule has 146 valence electrons. The lowest BCUT2D eigenvalue weighted by Crippen LogP contribution is -2.41. The number of hydrogen-bond acceptors (Lipinski definition) is 5. The molecule has 0 radical (unpaired) electrons. The van der Waals surface area contributed by atoms with E-state index in [-0.39, 0.29) is 12.5 Å². The van der Waals surface area contributed by atoms with E-state index in [1.165, 1.54) is 31.0 Å². The molecule has 2 aromatic rings. The molecule has 0 bridgehead atoms. The van der Waals surface area contributed by atoms with E-state index in [4.69, 9.17) is 16.3 Å². The van der Waals surface area contributed by atoms with E-state index in [0.29, 0.717) is 39.5 Å². The standard InChI is InChI=1S/C19H25ClN4O2S/c1-13-7-3-5-9-15(13)21-18(25)12-27-19-23-22-17(24(19)2)11-26-16-10-6-4-8-14(16)20/h4,6,8,10,13,15H,3,5,7,9,11-12H2,1-2H3,(H,21,25)/t13-,15+/m0/s1. The molecule has 6 nitrogen and oxygen atoms in total.